The third-order valence-electron chi connectivity index (χ3n) is 5.17. The number of primary sulfonamides is 1. The summed E-state index contributed by atoms with van der Waals surface area (Å²) >= 11 is 0.811. The van der Waals surface area contributed by atoms with Crippen molar-refractivity contribution in [3.05, 3.63) is 56.6 Å². The predicted octanol–water partition coefficient (Wildman–Crippen LogP) is 0.750. The zero-order valence-corrected chi connectivity index (χ0v) is 18.2. The van der Waals surface area contributed by atoms with E-state index in [9.17, 15) is 23.3 Å². The Balaban J connectivity index is 1.94. The number of rotatable bonds is 5. The summed E-state index contributed by atoms with van der Waals surface area (Å²) in [5.41, 5.74) is -0.735. The van der Waals surface area contributed by atoms with Crippen LogP contribution in [0.25, 0.3) is 15.9 Å². The van der Waals surface area contributed by atoms with Gasteiger partial charge in [-0.15, -0.1) is 11.3 Å². The third-order valence-corrected chi connectivity index (χ3v) is 7.62. The fourth-order valence-corrected chi connectivity index (χ4v) is 5.27. The molecule has 3 heterocycles. The van der Waals surface area contributed by atoms with Crippen molar-refractivity contribution >= 4 is 37.3 Å². The Morgan fingerprint density at radius 2 is 1.90 bits per heavy atom. The van der Waals surface area contributed by atoms with Gasteiger partial charge in [-0.1, -0.05) is 12.1 Å². The highest BCUT2D eigenvalue weighted by Crippen LogP contribution is 2.28. The summed E-state index contributed by atoms with van der Waals surface area (Å²) in [5, 5.41) is 16.9. The topological polar surface area (TPSA) is 145 Å². The second-order valence-electron chi connectivity index (χ2n) is 7.32. The summed E-state index contributed by atoms with van der Waals surface area (Å²) in [7, 11) is -2.00. The first-order valence-electron chi connectivity index (χ1n) is 9.38. The molecule has 1 saturated heterocycles. The number of fused-ring (bicyclic) bond motifs is 1. The van der Waals surface area contributed by atoms with E-state index in [0.717, 1.165) is 37.5 Å². The van der Waals surface area contributed by atoms with Gasteiger partial charge in [0.25, 0.3) is 11.2 Å². The zero-order valence-electron chi connectivity index (χ0n) is 16.6. The molecule has 2 N–H and O–H groups in total. The molecule has 11 nitrogen and oxygen atoms in total. The molecule has 0 bridgehead atoms. The highest BCUT2D eigenvalue weighted by Gasteiger charge is 2.25. The Morgan fingerprint density at radius 3 is 2.55 bits per heavy atom. The first kappa shape index (κ1) is 21.5. The lowest BCUT2D eigenvalue weighted by molar-refractivity contribution is -0.384. The minimum absolute atomic E-state index is 0.0503. The molecule has 0 spiro atoms. The first-order chi connectivity index (χ1) is 14.6. The number of aromatic nitrogens is 2. The van der Waals surface area contributed by atoms with Gasteiger partial charge in [0.1, 0.15) is 20.6 Å². The number of nitro benzene ring substituents is 1. The molecule has 31 heavy (non-hydrogen) atoms. The van der Waals surface area contributed by atoms with E-state index in [4.69, 9.17) is 5.14 Å². The van der Waals surface area contributed by atoms with Crippen LogP contribution in [0, 0.1) is 10.1 Å². The van der Waals surface area contributed by atoms with Crippen molar-refractivity contribution in [2.75, 3.05) is 33.2 Å². The number of hydrogen-bond donors (Lipinski definition) is 1. The smallest absolute Gasteiger partial charge is 0.293 e. The maximum atomic E-state index is 13.4. The van der Waals surface area contributed by atoms with E-state index in [1.54, 1.807) is 6.07 Å². The highest BCUT2D eigenvalue weighted by molar-refractivity contribution is 7.91. The molecule has 0 radical (unpaired) electrons. The summed E-state index contributed by atoms with van der Waals surface area (Å²) in [6.07, 6.45) is 0. The number of nitrogens with zero attached hydrogens (tertiary/aromatic N) is 5. The van der Waals surface area contributed by atoms with Gasteiger partial charge in [0.2, 0.25) is 10.0 Å². The van der Waals surface area contributed by atoms with Gasteiger partial charge < -0.3 is 4.90 Å². The van der Waals surface area contributed by atoms with Crippen molar-refractivity contribution in [3.8, 4) is 5.69 Å². The summed E-state index contributed by atoms with van der Waals surface area (Å²) in [5.74, 6) is 0.305. The van der Waals surface area contributed by atoms with Crippen molar-refractivity contribution in [1.29, 1.82) is 0 Å². The molecule has 0 aliphatic carbocycles. The predicted molar refractivity (Wildman–Crippen MR) is 116 cm³/mol. The number of para-hydroxylation sites is 2. The summed E-state index contributed by atoms with van der Waals surface area (Å²) in [6, 6.07) is 7.09. The Bertz CT molecular complexity index is 1320. The molecule has 3 aromatic rings. The van der Waals surface area contributed by atoms with Crippen LogP contribution in [-0.2, 0) is 16.6 Å². The van der Waals surface area contributed by atoms with Gasteiger partial charge >= 0.3 is 0 Å². The van der Waals surface area contributed by atoms with Gasteiger partial charge in [-0.25, -0.2) is 18.5 Å². The lowest BCUT2D eigenvalue weighted by Gasteiger charge is -2.32. The first-order valence-corrected chi connectivity index (χ1v) is 11.7. The van der Waals surface area contributed by atoms with Crippen LogP contribution in [0.2, 0.25) is 0 Å². The van der Waals surface area contributed by atoms with E-state index in [1.165, 1.54) is 28.8 Å². The number of sulfonamides is 1. The number of benzene rings is 1. The van der Waals surface area contributed by atoms with Gasteiger partial charge in [0.15, 0.2) is 0 Å². The SMILES string of the molecule is CN1CCN(Cc2nc3sc(S(N)(=O)=O)cc3c(=O)n2-c2ccccc2[N+](=O)[O-])CC1. The van der Waals surface area contributed by atoms with E-state index >= 15 is 0 Å². The van der Waals surface area contributed by atoms with Crippen molar-refractivity contribution in [2.45, 2.75) is 10.8 Å². The van der Waals surface area contributed by atoms with Crippen LogP contribution in [-0.4, -0.2) is 65.9 Å². The maximum absolute atomic E-state index is 13.4. The monoisotopic (exact) mass is 464 g/mol. The fraction of sp³-hybridized carbons (Fsp3) is 0.333. The number of nitrogens with two attached hydrogens (primary N) is 1. The molecule has 13 heteroatoms. The number of piperazine rings is 1. The van der Waals surface area contributed by atoms with E-state index < -0.39 is 20.5 Å². The molecule has 164 valence electrons. The van der Waals surface area contributed by atoms with Crippen LogP contribution in [0.5, 0.6) is 0 Å². The quantitative estimate of drug-likeness (QED) is 0.430. The van der Waals surface area contributed by atoms with Crippen molar-refractivity contribution < 1.29 is 13.3 Å². The lowest BCUT2D eigenvalue weighted by Crippen LogP contribution is -2.44. The molecule has 2 aromatic heterocycles. The minimum Gasteiger partial charge on any atom is -0.304 e. The summed E-state index contributed by atoms with van der Waals surface area (Å²) < 4.78 is 24.6. The summed E-state index contributed by atoms with van der Waals surface area (Å²) in [4.78, 5) is 33.5. The van der Waals surface area contributed by atoms with Gasteiger partial charge in [0, 0.05) is 32.2 Å². The number of nitro groups is 1. The third kappa shape index (κ3) is 4.22. The maximum Gasteiger partial charge on any atom is 0.293 e. The normalized spacial score (nSPS) is 16.1. The standard InChI is InChI=1S/C18H20N6O5S2/c1-21-6-8-22(9-7-21)11-15-20-17-12(10-16(30-17)31(19,28)29)18(25)23(15)13-4-2-3-5-14(13)24(26)27/h2-5,10H,6-9,11H2,1H3,(H2,19,28,29). The minimum atomic E-state index is -4.02. The van der Waals surface area contributed by atoms with E-state index in [2.05, 4.69) is 14.8 Å². The zero-order chi connectivity index (χ0) is 22.3. The second-order valence-corrected chi connectivity index (χ2v) is 10.1. The van der Waals surface area contributed by atoms with Crippen LogP contribution in [0.4, 0.5) is 5.69 Å². The van der Waals surface area contributed by atoms with Crippen LogP contribution in [0.3, 0.4) is 0 Å². The lowest BCUT2D eigenvalue weighted by atomic mass is 10.2. The highest BCUT2D eigenvalue weighted by atomic mass is 32.2. The molecule has 0 unspecified atom stereocenters. The van der Waals surface area contributed by atoms with Crippen LogP contribution in [0.15, 0.2) is 39.3 Å². The van der Waals surface area contributed by atoms with Crippen molar-refractivity contribution in [2.24, 2.45) is 5.14 Å². The largest absolute Gasteiger partial charge is 0.304 e. The molecular weight excluding hydrogens is 444 g/mol. The Morgan fingerprint density at radius 1 is 1.23 bits per heavy atom. The Labute approximate surface area is 181 Å². The molecule has 0 atom stereocenters. The van der Waals surface area contributed by atoms with Crippen LogP contribution >= 0.6 is 11.3 Å². The second kappa shape index (κ2) is 8.09. The summed E-state index contributed by atoms with van der Waals surface area (Å²) in [6.45, 7) is 3.45. The molecule has 1 aliphatic rings. The number of likely N-dealkylation sites (N-methyl/N-ethyl adjacent to an activating group) is 1. The molecule has 0 saturated carbocycles. The molecule has 1 fully saturated rings. The van der Waals surface area contributed by atoms with Crippen LogP contribution in [0.1, 0.15) is 5.82 Å². The average Bonchev–Trinajstić information content (AvgIpc) is 3.15. The van der Waals surface area contributed by atoms with Gasteiger partial charge in [-0.05, 0) is 19.2 Å². The molecular formula is C18H20N6O5S2. The molecule has 1 aliphatic heterocycles. The van der Waals surface area contributed by atoms with Gasteiger partial charge in [-0.2, -0.15) is 0 Å². The van der Waals surface area contributed by atoms with Gasteiger partial charge in [-0.3, -0.25) is 24.4 Å². The number of hydrogen-bond acceptors (Lipinski definition) is 9. The fourth-order valence-electron chi connectivity index (χ4n) is 3.51. The van der Waals surface area contributed by atoms with Crippen molar-refractivity contribution in [1.82, 2.24) is 19.4 Å². The Kier molecular flexibility index (Phi) is 5.61. The molecule has 4 rings (SSSR count). The molecule has 1 aromatic carbocycles. The van der Waals surface area contributed by atoms with Gasteiger partial charge in [0.05, 0.1) is 16.9 Å². The Hall–Kier alpha value is -2.71. The van der Waals surface area contributed by atoms with Crippen molar-refractivity contribution in [3.63, 3.8) is 0 Å². The average molecular weight is 465 g/mol. The van der Waals surface area contributed by atoms with Crippen LogP contribution < -0.4 is 10.7 Å². The van der Waals surface area contributed by atoms with E-state index in [0.29, 0.717) is 5.82 Å². The van der Waals surface area contributed by atoms with E-state index in [1.807, 2.05) is 7.05 Å². The number of thiophene rings is 1. The molecule has 0 amide bonds. The van der Waals surface area contributed by atoms with E-state index in [-0.39, 0.29) is 32.3 Å².